The fourth-order valence-corrected chi connectivity index (χ4v) is 4.59. The molecular formula is C24H23N3O5S. The third-order valence-corrected chi connectivity index (χ3v) is 6.35. The van der Waals surface area contributed by atoms with Crippen LogP contribution in [0.25, 0.3) is 11.1 Å². The molecule has 1 unspecified atom stereocenters. The van der Waals surface area contributed by atoms with Gasteiger partial charge in [-0.1, -0.05) is 55.5 Å². The van der Waals surface area contributed by atoms with Crippen molar-refractivity contribution in [3.63, 3.8) is 0 Å². The molecule has 0 aliphatic heterocycles. The fourth-order valence-electron chi connectivity index (χ4n) is 3.92. The number of amides is 2. The van der Waals surface area contributed by atoms with Gasteiger partial charge in [0.25, 0.3) is 5.91 Å². The lowest BCUT2D eigenvalue weighted by molar-refractivity contribution is -0.141. The van der Waals surface area contributed by atoms with Crippen molar-refractivity contribution in [3.8, 4) is 11.1 Å². The summed E-state index contributed by atoms with van der Waals surface area (Å²) in [6.45, 7) is 1.75. The van der Waals surface area contributed by atoms with Crippen LogP contribution in [0.2, 0.25) is 0 Å². The van der Waals surface area contributed by atoms with E-state index in [1.54, 1.807) is 0 Å². The highest BCUT2D eigenvalue weighted by molar-refractivity contribution is 7.14. The van der Waals surface area contributed by atoms with Gasteiger partial charge in [0.2, 0.25) is 0 Å². The summed E-state index contributed by atoms with van der Waals surface area (Å²) in [5, 5.41) is 13.3. The lowest BCUT2D eigenvalue weighted by Gasteiger charge is -2.18. The summed E-state index contributed by atoms with van der Waals surface area (Å²) in [5.74, 6) is -2.15. The van der Waals surface area contributed by atoms with Crippen LogP contribution in [-0.2, 0) is 9.53 Å². The van der Waals surface area contributed by atoms with Crippen LogP contribution in [0, 0.1) is 5.92 Å². The van der Waals surface area contributed by atoms with Crippen LogP contribution >= 0.6 is 11.3 Å². The Morgan fingerprint density at radius 1 is 1.12 bits per heavy atom. The number of nitrogens with one attached hydrogen (secondary N) is 1. The molecule has 0 saturated carbocycles. The van der Waals surface area contributed by atoms with Crippen LogP contribution in [0.15, 0.2) is 53.9 Å². The molecule has 8 nitrogen and oxygen atoms in total. The zero-order valence-electron chi connectivity index (χ0n) is 18.1. The minimum atomic E-state index is -0.981. The molecule has 4 rings (SSSR count). The second-order valence-electron chi connectivity index (χ2n) is 7.91. The van der Waals surface area contributed by atoms with Gasteiger partial charge in [-0.3, -0.25) is 14.9 Å². The molecule has 33 heavy (non-hydrogen) atoms. The summed E-state index contributed by atoms with van der Waals surface area (Å²) in [6, 6.07) is 16.1. The van der Waals surface area contributed by atoms with Gasteiger partial charge in [-0.15, -0.1) is 11.3 Å². The lowest BCUT2D eigenvalue weighted by atomic mass is 9.98. The van der Waals surface area contributed by atoms with Crippen molar-refractivity contribution in [2.75, 3.05) is 25.5 Å². The van der Waals surface area contributed by atoms with E-state index in [2.05, 4.69) is 22.4 Å². The lowest BCUT2D eigenvalue weighted by Crippen LogP contribution is -2.33. The van der Waals surface area contributed by atoms with Crippen LogP contribution in [0.1, 0.15) is 34.5 Å². The second kappa shape index (κ2) is 9.41. The molecule has 0 radical (unpaired) electrons. The second-order valence-corrected chi connectivity index (χ2v) is 8.77. The standard InChI is InChI=1S/C24H23N3O5S/c1-14(22(29)30)11-27(2)21(28)20-13-33-23(25-20)26-24(31)32-12-19-17-9-5-3-7-15(17)16-8-4-6-10-18(16)19/h3-10,13-14,19H,11-12H2,1-2H3,(H,29,30)(H,25,26,31). The Labute approximate surface area is 194 Å². The number of nitrogens with zero attached hydrogens (tertiary/aromatic N) is 2. The minimum Gasteiger partial charge on any atom is -0.481 e. The van der Waals surface area contributed by atoms with Crippen molar-refractivity contribution < 1.29 is 24.2 Å². The first-order valence-electron chi connectivity index (χ1n) is 10.4. The topological polar surface area (TPSA) is 109 Å². The molecule has 3 aromatic rings. The smallest absolute Gasteiger partial charge is 0.413 e. The van der Waals surface area contributed by atoms with Crippen molar-refractivity contribution in [2.24, 2.45) is 5.92 Å². The van der Waals surface area contributed by atoms with E-state index in [9.17, 15) is 14.4 Å². The molecule has 9 heteroatoms. The molecule has 170 valence electrons. The number of carbonyl (C=O) groups excluding carboxylic acids is 2. The largest absolute Gasteiger partial charge is 0.481 e. The summed E-state index contributed by atoms with van der Waals surface area (Å²) in [4.78, 5) is 41.3. The van der Waals surface area contributed by atoms with Gasteiger partial charge in [0.1, 0.15) is 12.3 Å². The van der Waals surface area contributed by atoms with E-state index in [1.807, 2.05) is 36.4 Å². The molecule has 1 aliphatic carbocycles. The van der Waals surface area contributed by atoms with E-state index in [0.717, 1.165) is 33.6 Å². The Morgan fingerprint density at radius 3 is 2.33 bits per heavy atom. The van der Waals surface area contributed by atoms with E-state index < -0.39 is 23.9 Å². The number of thiazole rings is 1. The van der Waals surface area contributed by atoms with Gasteiger partial charge >= 0.3 is 12.1 Å². The number of benzene rings is 2. The Morgan fingerprint density at radius 2 is 1.73 bits per heavy atom. The number of hydrogen-bond donors (Lipinski definition) is 2. The summed E-state index contributed by atoms with van der Waals surface area (Å²) < 4.78 is 5.50. The van der Waals surface area contributed by atoms with Gasteiger partial charge in [-0.05, 0) is 22.3 Å². The van der Waals surface area contributed by atoms with Crippen LogP contribution in [0.3, 0.4) is 0 Å². The Bertz CT molecular complexity index is 1160. The van der Waals surface area contributed by atoms with Crippen LogP contribution in [0.4, 0.5) is 9.93 Å². The monoisotopic (exact) mass is 465 g/mol. The number of aromatic nitrogens is 1. The quantitative estimate of drug-likeness (QED) is 0.539. The number of fused-ring (bicyclic) bond motifs is 3. The molecule has 0 saturated heterocycles. The summed E-state index contributed by atoms with van der Waals surface area (Å²) >= 11 is 1.10. The zero-order chi connectivity index (χ0) is 23.5. The number of hydrogen-bond acceptors (Lipinski definition) is 6. The van der Waals surface area contributed by atoms with Crippen molar-refractivity contribution in [1.82, 2.24) is 9.88 Å². The van der Waals surface area contributed by atoms with E-state index in [0.29, 0.717) is 0 Å². The van der Waals surface area contributed by atoms with Crippen LogP contribution in [-0.4, -0.2) is 53.2 Å². The molecule has 2 amide bonds. The third kappa shape index (κ3) is 4.73. The van der Waals surface area contributed by atoms with E-state index in [-0.39, 0.29) is 29.9 Å². The van der Waals surface area contributed by atoms with Crippen molar-refractivity contribution in [1.29, 1.82) is 0 Å². The maximum atomic E-state index is 12.5. The average Bonchev–Trinajstić information content (AvgIpc) is 3.39. The molecule has 1 aliphatic rings. The van der Waals surface area contributed by atoms with E-state index in [4.69, 9.17) is 9.84 Å². The number of carboxylic acid groups (broad SMARTS) is 1. The molecular weight excluding hydrogens is 442 g/mol. The first-order valence-corrected chi connectivity index (χ1v) is 11.3. The maximum Gasteiger partial charge on any atom is 0.413 e. The first-order chi connectivity index (χ1) is 15.8. The number of carbonyl (C=O) groups is 3. The van der Waals surface area contributed by atoms with Crippen LogP contribution in [0.5, 0.6) is 0 Å². The first kappa shape index (κ1) is 22.5. The predicted octanol–water partition coefficient (Wildman–Crippen LogP) is 4.30. The van der Waals surface area contributed by atoms with Gasteiger partial charge in [0.05, 0.1) is 5.92 Å². The number of rotatable bonds is 7. The molecule has 2 aromatic carbocycles. The highest BCUT2D eigenvalue weighted by Crippen LogP contribution is 2.44. The third-order valence-electron chi connectivity index (χ3n) is 5.59. The van der Waals surface area contributed by atoms with Crippen molar-refractivity contribution in [3.05, 3.63) is 70.7 Å². The van der Waals surface area contributed by atoms with Gasteiger partial charge in [0.15, 0.2) is 5.13 Å². The molecule has 0 fully saturated rings. The van der Waals surface area contributed by atoms with Gasteiger partial charge < -0.3 is 14.7 Å². The van der Waals surface area contributed by atoms with Crippen molar-refractivity contribution >= 4 is 34.4 Å². The highest BCUT2D eigenvalue weighted by atomic mass is 32.1. The number of aliphatic carboxylic acids is 1. The summed E-state index contributed by atoms with van der Waals surface area (Å²) in [5.41, 5.74) is 4.66. The number of ether oxygens (including phenoxy) is 1. The molecule has 0 bridgehead atoms. The van der Waals surface area contributed by atoms with Crippen LogP contribution < -0.4 is 5.32 Å². The summed E-state index contributed by atoms with van der Waals surface area (Å²) in [6.07, 6.45) is -0.655. The van der Waals surface area contributed by atoms with Gasteiger partial charge in [-0.25, -0.2) is 9.78 Å². The molecule has 1 atom stereocenters. The average molecular weight is 466 g/mol. The molecule has 1 aromatic heterocycles. The maximum absolute atomic E-state index is 12.5. The van der Waals surface area contributed by atoms with E-state index >= 15 is 0 Å². The zero-order valence-corrected chi connectivity index (χ0v) is 19.0. The Hall–Kier alpha value is -3.72. The Balaban J connectivity index is 1.36. The predicted molar refractivity (Wildman–Crippen MR) is 125 cm³/mol. The minimum absolute atomic E-state index is 0.0542. The van der Waals surface area contributed by atoms with Gasteiger partial charge in [0, 0.05) is 24.9 Å². The van der Waals surface area contributed by atoms with Crippen molar-refractivity contribution in [2.45, 2.75) is 12.8 Å². The highest BCUT2D eigenvalue weighted by Gasteiger charge is 2.29. The molecule has 2 N–H and O–H groups in total. The number of carboxylic acids is 1. The molecule has 0 spiro atoms. The number of anilines is 1. The normalized spacial score (nSPS) is 13.0. The van der Waals surface area contributed by atoms with Gasteiger partial charge in [-0.2, -0.15) is 0 Å². The fraction of sp³-hybridized carbons (Fsp3) is 0.250. The SMILES string of the molecule is CC(CN(C)C(=O)c1csc(NC(=O)OCC2c3ccccc3-c3ccccc32)n1)C(=O)O. The van der Waals surface area contributed by atoms with E-state index in [1.165, 1.54) is 24.3 Å². The summed E-state index contributed by atoms with van der Waals surface area (Å²) in [7, 11) is 1.51. The Kier molecular flexibility index (Phi) is 6.41. The molecule has 1 heterocycles.